The van der Waals surface area contributed by atoms with Crippen LogP contribution in [0.2, 0.25) is 0 Å². The molecule has 2 aromatic heterocycles. The third-order valence-electron chi connectivity index (χ3n) is 4.42. The molecule has 0 amide bonds. The summed E-state index contributed by atoms with van der Waals surface area (Å²) in [5.74, 6) is 0. The van der Waals surface area contributed by atoms with Crippen LogP contribution in [-0.4, -0.2) is 19.7 Å². The number of benzene rings is 2. The summed E-state index contributed by atoms with van der Waals surface area (Å²) in [5, 5.41) is 15.2. The Balaban J connectivity index is 2.06. The van der Waals surface area contributed by atoms with E-state index in [0.29, 0.717) is 11.3 Å². The number of halogens is 3. The van der Waals surface area contributed by atoms with Crippen LogP contribution in [0.5, 0.6) is 0 Å². The number of non-ortho nitro benzene ring substituents is 1. The SMILES string of the molecule is Cc1cc(C(F)(F)F)c2c(-c3ccccc3)nn(-c3ccc([N+](=O)[O-])cc3)c2n1. The molecule has 0 saturated carbocycles. The van der Waals surface area contributed by atoms with E-state index >= 15 is 0 Å². The highest BCUT2D eigenvalue weighted by Gasteiger charge is 2.36. The van der Waals surface area contributed by atoms with Gasteiger partial charge in [0.25, 0.3) is 5.69 Å². The first kappa shape index (κ1) is 18.6. The summed E-state index contributed by atoms with van der Waals surface area (Å²) in [6.07, 6.45) is -4.60. The number of nitro groups is 1. The number of hydrogen-bond donors (Lipinski definition) is 0. The minimum absolute atomic E-state index is 0.0324. The quantitative estimate of drug-likeness (QED) is 0.346. The molecule has 9 heteroatoms. The lowest BCUT2D eigenvalue weighted by Crippen LogP contribution is -2.08. The number of pyridine rings is 1. The molecular formula is C20H13F3N4O2. The van der Waals surface area contributed by atoms with Gasteiger partial charge in [0.1, 0.15) is 5.69 Å². The third kappa shape index (κ3) is 3.31. The summed E-state index contributed by atoms with van der Waals surface area (Å²) in [6.45, 7) is 1.48. The van der Waals surface area contributed by atoms with Crippen LogP contribution < -0.4 is 0 Å². The van der Waals surface area contributed by atoms with Crippen LogP contribution in [0.15, 0.2) is 60.7 Å². The van der Waals surface area contributed by atoms with Gasteiger partial charge >= 0.3 is 6.18 Å². The van der Waals surface area contributed by atoms with Crippen LogP contribution in [0.25, 0.3) is 28.0 Å². The summed E-state index contributed by atoms with van der Waals surface area (Å²) in [5.41, 5.74) is 0.278. The monoisotopic (exact) mass is 398 g/mol. The van der Waals surface area contributed by atoms with E-state index in [0.717, 1.165) is 6.07 Å². The molecule has 0 radical (unpaired) electrons. The van der Waals surface area contributed by atoms with Crippen molar-refractivity contribution in [1.29, 1.82) is 0 Å². The molecule has 2 heterocycles. The molecule has 146 valence electrons. The van der Waals surface area contributed by atoms with E-state index in [1.807, 2.05) is 0 Å². The summed E-state index contributed by atoms with van der Waals surface area (Å²) in [7, 11) is 0. The number of hydrogen-bond acceptors (Lipinski definition) is 4. The van der Waals surface area contributed by atoms with Crippen LogP contribution in [0.4, 0.5) is 18.9 Å². The lowest BCUT2D eigenvalue weighted by Gasteiger charge is -2.10. The largest absolute Gasteiger partial charge is 0.417 e. The maximum absolute atomic E-state index is 13.8. The van der Waals surface area contributed by atoms with Gasteiger partial charge in [-0.2, -0.15) is 18.3 Å². The van der Waals surface area contributed by atoms with Gasteiger partial charge in [0.15, 0.2) is 5.65 Å². The van der Waals surface area contributed by atoms with E-state index < -0.39 is 16.7 Å². The van der Waals surface area contributed by atoms with Crippen molar-refractivity contribution < 1.29 is 18.1 Å². The van der Waals surface area contributed by atoms with Crippen molar-refractivity contribution in [2.45, 2.75) is 13.1 Å². The number of nitro benzene ring substituents is 1. The fraction of sp³-hybridized carbons (Fsp3) is 0.100. The molecule has 0 N–H and O–H groups in total. The number of aryl methyl sites for hydroxylation is 1. The van der Waals surface area contributed by atoms with Crippen LogP contribution >= 0.6 is 0 Å². The molecule has 0 spiro atoms. The number of nitrogens with zero attached hydrogens (tertiary/aromatic N) is 4. The van der Waals surface area contributed by atoms with Crippen molar-refractivity contribution in [1.82, 2.24) is 14.8 Å². The first-order chi connectivity index (χ1) is 13.8. The Bertz CT molecular complexity index is 1220. The highest BCUT2D eigenvalue weighted by Crippen LogP contribution is 2.40. The normalized spacial score (nSPS) is 11.7. The van der Waals surface area contributed by atoms with Crippen LogP contribution in [0.3, 0.4) is 0 Å². The predicted octanol–water partition coefficient (Wildman–Crippen LogP) is 5.32. The second kappa shape index (κ2) is 6.69. The van der Waals surface area contributed by atoms with Crippen LogP contribution in [0.1, 0.15) is 11.3 Å². The Hall–Kier alpha value is -3.75. The molecular weight excluding hydrogens is 385 g/mol. The molecule has 0 atom stereocenters. The maximum atomic E-state index is 13.8. The fourth-order valence-corrected chi connectivity index (χ4v) is 3.16. The van der Waals surface area contributed by atoms with E-state index in [1.165, 1.54) is 35.9 Å². The maximum Gasteiger partial charge on any atom is 0.417 e. The minimum Gasteiger partial charge on any atom is -0.258 e. The van der Waals surface area contributed by atoms with Crippen molar-refractivity contribution in [2.24, 2.45) is 0 Å². The third-order valence-corrected chi connectivity index (χ3v) is 4.42. The van der Waals surface area contributed by atoms with E-state index in [-0.39, 0.29) is 28.1 Å². The zero-order valence-corrected chi connectivity index (χ0v) is 15.0. The molecule has 0 aliphatic heterocycles. The van der Waals surface area contributed by atoms with Gasteiger partial charge in [-0.05, 0) is 25.1 Å². The highest BCUT2D eigenvalue weighted by molar-refractivity contribution is 5.95. The molecule has 6 nitrogen and oxygen atoms in total. The van der Waals surface area contributed by atoms with Gasteiger partial charge in [-0.25, -0.2) is 9.67 Å². The average Bonchev–Trinajstić information content (AvgIpc) is 3.06. The van der Waals surface area contributed by atoms with Gasteiger partial charge in [-0.3, -0.25) is 10.1 Å². The Kier molecular flexibility index (Phi) is 4.30. The van der Waals surface area contributed by atoms with Crippen molar-refractivity contribution in [3.8, 4) is 16.9 Å². The van der Waals surface area contributed by atoms with E-state index in [9.17, 15) is 23.3 Å². The molecule has 4 aromatic rings. The van der Waals surface area contributed by atoms with Crippen molar-refractivity contribution in [2.75, 3.05) is 0 Å². The topological polar surface area (TPSA) is 73.8 Å². The van der Waals surface area contributed by atoms with E-state index in [4.69, 9.17) is 0 Å². The Labute approximate surface area is 162 Å². The number of rotatable bonds is 3. The number of aromatic nitrogens is 3. The molecule has 0 aliphatic carbocycles. The molecule has 29 heavy (non-hydrogen) atoms. The molecule has 2 aromatic carbocycles. The van der Waals surface area contributed by atoms with E-state index in [1.54, 1.807) is 30.3 Å². The van der Waals surface area contributed by atoms with Gasteiger partial charge in [0.2, 0.25) is 0 Å². The van der Waals surface area contributed by atoms with Crippen molar-refractivity contribution in [3.05, 3.63) is 82.0 Å². The number of fused-ring (bicyclic) bond motifs is 1. The predicted molar refractivity (Wildman–Crippen MR) is 101 cm³/mol. The molecule has 0 aliphatic rings. The van der Waals surface area contributed by atoms with Crippen molar-refractivity contribution >= 4 is 16.7 Å². The summed E-state index contributed by atoms with van der Waals surface area (Å²) in [6, 6.07) is 14.9. The smallest absolute Gasteiger partial charge is 0.258 e. The molecule has 0 fully saturated rings. The van der Waals surface area contributed by atoms with Gasteiger partial charge in [0.05, 0.1) is 21.6 Å². The summed E-state index contributed by atoms with van der Waals surface area (Å²) >= 11 is 0. The Morgan fingerprint density at radius 2 is 1.69 bits per heavy atom. The molecule has 0 unspecified atom stereocenters. The summed E-state index contributed by atoms with van der Waals surface area (Å²) < 4.78 is 42.7. The van der Waals surface area contributed by atoms with Gasteiger partial charge in [0, 0.05) is 23.4 Å². The minimum atomic E-state index is -4.60. The first-order valence-electron chi connectivity index (χ1n) is 8.53. The Morgan fingerprint density at radius 3 is 2.28 bits per heavy atom. The van der Waals surface area contributed by atoms with Gasteiger partial charge in [-0.15, -0.1) is 0 Å². The standard InChI is InChI=1S/C20H13F3N4O2/c1-12-11-16(20(21,22)23)17-18(13-5-3-2-4-6-13)25-26(19(17)24-12)14-7-9-15(10-8-14)27(28)29/h2-11H,1H3. The lowest BCUT2D eigenvalue weighted by molar-refractivity contribution is -0.384. The van der Waals surface area contributed by atoms with Gasteiger partial charge < -0.3 is 0 Å². The Morgan fingerprint density at radius 1 is 1.03 bits per heavy atom. The van der Waals surface area contributed by atoms with Crippen LogP contribution in [-0.2, 0) is 6.18 Å². The zero-order chi connectivity index (χ0) is 20.8. The summed E-state index contributed by atoms with van der Waals surface area (Å²) in [4.78, 5) is 14.6. The lowest BCUT2D eigenvalue weighted by atomic mass is 10.0. The zero-order valence-electron chi connectivity index (χ0n) is 15.0. The fourth-order valence-electron chi connectivity index (χ4n) is 3.16. The highest BCUT2D eigenvalue weighted by atomic mass is 19.4. The average molecular weight is 398 g/mol. The van der Waals surface area contributed by atoms with Crippen molar-refractivity contribution in [3.63, 3.8) is 0 Å². The molecule has 0 bridgehead atoms. The van der Waals surface area contributed by atoms with Crippen LogP contribution in [0, 0.1) is 17.0 Å². The number of alkyl halides is 3. The second-order valence-corrected chi connectivity index (χ2v) is 6.41. The first-order valence-corrected chi connectivity index (χ1v) is 8.53. The second-order valence-electron chi connectivity index (χ2n) is 6.41. The molecule has 4 rings (SSSR count). The van der Waals surface area contributed by atoms with E-state index in [2.05, 4.69) is 10.1 Å². The van der Waals surface area contributed by atoms with Gasteiger partial charge in [-0.1, -0.05) is 30.3 Å². The molecule has 0 saturated heterocycles.